The molecular weight excluding hydrogens is 470 g/mol. The average Bonchev–Trinajstić information content (AvgIpc) is 3.44. The molecule has 0 spiro atoms. The third-order valence-electron chi connectivity index (χ3n) is 5.26. The highest BCUT2D eigenvalue weighted by atomic mass is 19.1. The van der Waals surface area contributed by atoms with Crippen LogP contribution in [0.1, 0.15) is 38.8 Å². The minimum absolute atomic E-state index is 0.0236. The van der Waals surface area contributed by atoms with Crippen LogP contribution in [0.4, 0.5) is 8.78 Å². The lowest BCUT2D eigenvalue weighted by Gasteiger charge is -2.11. The SMILES string of the molecule is COc1ccc(/C=N/NC(=O)c2ccc(Cn3nc(C)cc3C)o2)cc1COc1ccc(F)cc1F. The van der Waals surface area contributed by atoms with Crippen LogP contribution < -0.4 is 14.9 Å². The van der Waals surface area contributed by atoms with Gasteiger partial charge in [-0.3, -0.25) is 9.48 Å². The van der Waals surface area contributed by atoms with Crippen LogP contribution in [-0.4, -0.2) is 29.0 Å². The Morgan fingerprint density at radius 3 is 2.64 bits per heavy atom. The molecule has 4 aromatic rings. The number of carbonyl (C=O) groups excluding carboxylic acids is 1. The Hall–Kier alpha value is -4.47. The summed E-state index contributed by atoms with van der Waals surface area (Å²) in [4.78, 5) is 12.4. The summed E-state index contributed by atoms with van der Waals surface area (Å²) in [6.07, 6.45) is 1.44. The highest BCUT2D eigenvalue weighted by Crippen LogP contribution is 2.24. The smallest absolute Gasteiger partial charge is 0.307 e. The van der Waals surface area contributed by atoms with E-state index in [4.69, 9.17) is 13.9 Å². The quantitative estimate of drug-likeness (QED) is 0.267. The molecule has 0 aliphatic heterocycles. The number of aromatic nitrogens is 2. The topological polar surface area (TPSA) is 90.9 Å². The summed E-state index contributed by atoms with van der Waals surface area (Å²) in [7, 11) is 1.50. The van der Waals surface area contributed by atoms with E-state index in [1.54, 1.807) is 35.0 Å². The van der Waals surface area contributed by atoms with Crippen LogP contribution >= 0.6 is 0 Å². The fraction of sp³-hybridized carbons (Fsp3) is 0.192. The van der Waals surface area contributed by atoms with Crippen LogP contribution in [0.3, 0.4) is 0 Å². The second-order valence-corrected chi connectivity index (χ2v) is 7.98. The number of hydrogen-bond acceptors (Lipinski definition) is 6. The molecule has 1 N–H and O–H groups in total. The molecule has 10 heteroatoms. The van der Waals surface area contributed by atoms with Crippen LogP contribution in [0.5, 0.6) is 11.5 Å². The first-order valence-corrected chi connectivity index (χ1v) is 11.0. The highest BCUT2D eigenvalue weighted by molar-refractivity contribution is 5.92. The molecule has 2 aromatic heterocycles. The fourth-order valence-electron chi connectivity index (χ4n) is 3.53. The van der Waals surface area contributed by atoms with E-state index in [-0.39, 0.29) is 18.1 Å². The maximum atomic E-state index is 13.9. The number of hydrogen-bond donors (Lipinski definition) is 1. The van der Waals surface area contributed by atoms with Crippen molar-refractivity contribution in [3.05, 3.63) is 100 Å². The van der Waals surface area contributed by atoms with Gasteiger partial charge in [-0.05, 0) is 67.9 Å². The molecule has 0 radical (unpaired) electrons. The molecule has 2 heterocycles. The molecule has 0 aliphatic rings. The molecule has 0 saturated heterocycles. The average molecular weight is 494 g/mol. The standard InChI is InChI=1S/C26H24F2N4O4/c1-16-10-17(2)32(31-16)14-21-6-9-25(36-21)26(33)30-29-13-18-4-7-23(34-3)19(11-18)15-35-24-8-5-20(27)12-22(24)28/h4-13H,14-15H2,1-3H3,(H,30,33)/b29-13+. The Balaban J connectivity index is 1.38. The Morgan fingerprint density at radius 1 is 1.11 bits per heavy atom. The first-order chi connectivity index (χ1) is 17.3. The predicted octanol–water partition coefficient (Wildman–Crippen LogP) is 4.77. The van der Waals surface area contributed by atoms with Crippen molar-refractivity contribution >= 4 is 12.1 Å². The van der Waals surface area contributed by atoms with Crippen molar-refractivity contribution in [2.24, 2.45) is 5.10 Å². The number of rotatable bonds is 9. The molecule has 0 saturated carbocycles. The maximum absolute atomic E-state index is 13.9. The van der Waals surface area contributed by atoms with Gasteiger partial charge in [-0.1, -0.05) is 0 Å². The summed E-state index contributed by atoms with van der Waals surface area (Å²) in [5.41, 5.74) is 5.57. The Kier molecular flexibility index (Phi) is 7.43. The van der Waals surface area contributed by atoms with Gasteiger partial charge in [0.05, 0.1) is 25.6 Å². The fourth-order valence-corrected chi connectivity index (χ4v) is 3.53. The summed E-state index contributed by atoms with van der Waals surface area (Å²) < 4.78 is 45.2. The van der Waals surface area contributed by atoms with Crippen LogP contribution in [0, 0.1) is 25.5 Å². The Bertz CT molecular complexity index is 1410. The molecule has 8 nitrogen and oxygen atoms in total. The van der Waals surface area contributed by atoms with E-state index in [2.05, 4.69) is 15.6 Å². The summed E-state index contributed by atoms with van der Waals surface area (Å²) in [5, 5.41) is 8.36. The van der Waals surface area contributed by atoms with Crippen molar-refractivity contribution in [3.63, 3.8) is 0 Å². The number of furan rings is 1. The molecule has 186 valence electrons. The number of amides is 1. The molecule has 4 rings (SSSR count). The molecule has 36 heavy (non-hydrogen) atoms. The number of methoxy groups -OCH3 is 1. The number of ether oxygens (including phenoxy) is 2. The molecule has 0 unspecified atom stereocenters. The van der Waals surface area contributed by atoms with Gasteiger partial charge in [-0.25, -0.2) is 14.2 Å². The third-order valence-corrected chi connectivity index (χ3v) is 5.26. The lowest BCUT2D eigenvalue weighted by atomic mass is 10.1. The van der Waals surface area contributed by atoms with Gasteiger partial charge in [-0.2, -0.15) is 10.2 Å². The van der Waals surface area contributed by atoms with Crippen molar-refractivity contribution < 1.29 is 27.5 Å². The van der Waals surface area contributed by atoms with E-state index < -0.39 is 17.5 Å². The normalized spacial score (nSPS) is 11.1. The first-order valence-electron chi connectivity index (χ1n) is 11.0. The number of carbonyl (C=O) groups is 1. The van der Waals surface area contributed by atoms with E-state index in [0.717, 1.165) is 23.5 Å². The van der Waals surface area contributed by atoms with Crippen molar-refractivity contribution in [2.75, 3.05) is 7.11 Å². The van der Waals surface area contributed by atoms with E-state index in [0.29, 0.717) is 29.2 Å². The summed E-state index contributed by atoms with van der Waals surface area (Å²) >= 11 is 0. The third kappa shape index (κ3) is 5.96. The second kappa shape index (κ2) is 10.9. The van der Waals surface area contributed by atoms with Gasteiger partial charge in [0, 0.05) is 17.3 Å². The lowest BCUT2D eigenvalue weighted by Crippen LogP contribution is -2.16. The van der Waals surface area contributed by atoms with Crippen molar-refractivity contribution in [3.8, 4) is 11.5 Å². The minimum Gasteiger partial charge on any atom is -0.496 e. The zero-order valence-corrected chi connectivity index (χ0v) is 19.9. The van der Waals surface area contributed by atoms with Crippen LogP contribution in [0.25, 0.3) is 0 Å². The molecule has 0 fully saturated rings. The van der Waals surface area contributed by atoms with Gasteiger partial charge >= 0.3 is 5.91 Å². The summed E-state index contributed by atoms with van der Waals surface area (Å²) in [6, 6.07) is 13.5. The molecule has 1 amide bonds. The maximum Gasteiger partial charge on any atom is 0.307 e. The largest absolute Gasteiger partial charge is 0.496 e. The van der Waals surface area contributed by atoms with Crippen LogP contribution in [0.15, 0.2) is 64.1 Å². The summed E-state index contributed by atoms with van der Waals surface area (Å²) in [6.45, 7) is 4.24. The van der Waals surface area contributed by atoms with Gasteiger partial charge in [0.25, 0.3) is 0 Å². The number of halogens is 2. The highest BCUT2D eigenvalue weighted by Gasteiger charge is 2.12. The van der Waals surface area contributed by atoms with Crippen molar-refractivity contribution in [2.45, 2.75) is 27.0 Å². The number of nitrogens with one attached hydrogen (secondary N) is 1. The molecule has 0 aliphatic carbocycles. The van der Waals surface area contributed by atoms with Gasteiger partial charge < -0.3 is 13.9 Å². The lowest BCUT2D eigenvalue weighted by molar-refractivity contribution is 0.0925. The van der Waals surface area contributed by atoms with E-state index in [1.165, 1.54) is 19.4 Å². The van der Waals surface area contributed by atoms with Gasteiger partial charge in [0.15, 0.2) is 17.3 Å². The number of nitrogens with zero attached hydrogens (tertiary/aromatic N) is 3. The number of hydrazone groups is 1. The van der Waals surface area contributed by atoms with Crippen LogP contribution in [-0.2, 0) is 13.2 Å². The van der Waals surface area contributed by atoms with E-state index in [9.17, 15) is 13.6 Å². The zero-order chi connectivity index (χ0) is 25.7. The van der Waals surface area contributed by atoms with Gasteiger partial charge in [0.2, 0.25) is 0 Å². The Morgan fingerprint density at radius 2 is 1.92 bits per heavy atom. The predicted molar refractivity (Wildman–Crippen MR) is 128 cm³/mol. The monoisotopic (exact) mass is 494 g/mol. The molecule has 2 aromatic carbocycles. The number of benzene rings is 2. The minimum atomic E-state index is -0.801. The summed E-state index contributed by atoms with van der Waals surface area (Å²) in [5.74, 6) is -0.849. The van der Waals surface area contributed by atoms with Crippen molar-refractivity contribution in [1.29, 1.82) is 0 Å². The zero-order valence-electron chi connectivity index (χ0n) is 19.9. The van der Waals surface area contributed by atoms with E-state index >= 15 is 0 Å². The second-order valence-electron chi connectivity index (χ2n) is 7.98. The Labute approximate surface area is 206 Å². The number of aryl methyl sites for hydroxylation is 2. The van der Waals surface area contributed by atoms with Crippen LogP contribution in [0.2, 0.25) is 0 Å². The van der Waals surface area contributed by atoms with Crippen molar-refractivity contribution in [1.82, 2.24) is 15.2 Å². The first kappa shape index (κ1) is 24.6. The van der Waals surface area contributed by atoms with Gasteiger partial charge in [-0.15, -0.1) is 0 Å². The molecular formula is C26H24F2N4O4. The molecule has 0 atom stereocenters. The van der Waals surface area contributed by atoms with Gasteiger partial charge in [0.1, 0.15) is 23.9 Å². The van der Waals surface area contributed by atoms with E-state index in [1.807, 2.05) is 19.9 Å². The molecule has 0 bridgehead atoms.